The summed E-state index contributed by atoms with van der Waals surface area (Å²) in [6, 6.07) is 29.8. The Morgan fingerprint density at radius 1 is 0.688 bits per heavy atom. The number of hydrogen-bond acceptors (Lipinski definition) is 4. The average Bonchev–Trinajstić information content (AvgIpc) is 2.88. The molecule has 32 heavy (non-hydrogen) atoms. The molecule has 0 bridgehead atoms. The first-order valence-corrected chi connectivity index (χ1v) is 10.2. The van der Waals surface area contributed by atoms with Gasteiger partial charge >= 0.3 is 0 Å². The van der Waals surface area contributed by atoms with Crippen molar-refractivity contribution in [3.63, 3.8) is 0 Å². The third kappa shape index (κ3) is 4.91. The summed E-state index contributed by atoms with van der Waals surface area (Å²) in [7, 11) is 0. The van der Waals surface area contributed by atoms with Crippen molar-refractivity contribution in [2.75, 3.05) is 26.2 Å². The van der Waals surface area contributed by atoms with Crippen LogP contribution in [0.3, 0.4) is 0 Å². The zero-order valence-corrected chi connectivity index (χ0v) is 17.7. The number of ether oxygens (including phenoxy) is 1. The van der Waals surface area contributed by atoms with Crippen molar-refractivity contribution >= 4 is 0 Å². The molecule has 0 aliphatic rings. The fourth-order valence-electron chi connectivity index (χ4n) is 3.72. The summed E-state index contributed by atoms with van der Waals surface area (Å²) in [4.78, 5) is 5.75. The molecule has 8 nitrogen and oxygen atoms in total. The Kier molecular flexibility index (Phi) is 7.86. The van der Waals surface area contributed by atoms with Gasteiger partial charge in [0.25, 0.3) is 0 Å². The van der Waals surface area contributed by atoms with Crippen LogP contribution < -0.4 is 5.73 Å². The molecule has 3 rings (SSSR count). The molecular formula is C24H25N7O. The van der Waals surface area contributed by atoms with E-state index in [1.807, 2.05) is 91.0 Å². The van der Waals surface area contributed by atoms with E-state index < -0.39 is 11.0 Å². The van der Waals surface area contributed by atoms with Crippen LogP contribution in [-0.4, -0.2) is 26.2 Å². The average molecular weight is 428 g/mol. The number of benzene rings is 3. The largest absolute Gasteiger partial charge is 0.360 e. The summed E-state index contributed by atoms with van der Waals surface area (Å²) in [5.74, 6) is 0. The Bertz CT molecular complexity index is 960. The topological polar surface area (TPSA) is 133 Å². The lowest BCUT2D eigenvalue weighted by Gasteiger charge is -2.40. The molecule has 0 spiro atoms. The molecular weight excluding hydrogens is 402 g/mol. The Hall–Kier alpha value is -3.80. The molecule has 3 aromatic carbocycles. The lowest BCUT2D eigenvalue weighted by molar-refractivity contribution is -0.0334. The smallest absolute Gasteiger partial charge is 0.143 e. The molecule has 0 saturated heterocycles. The molecule has 0 atom stereocenters. The second kappa shape index (κ2) is 11.0. The highest BCUT2D eigenvalue weighted by Gasteiger charge is 2.40. The number of azide groups is 2. The molecule has 2 N–H and O–H groups in total. The Morgan fingerprint density at radius 3 is 1.38 bits per heavy atom. The third-order valence-corrected chi connectivity index (χ3v) is 5.51. The lowest BCUT2D eigenvalue weighted by atomic mass is 9.79. The van der Waals surface area contributed by atoms with Gasteiger partial charge in [-0.15, -0.1) is 0 Å². The van der Waals surface area contributed by atoms with Crippen LogP contribution in [0.15, 0.2) is 101 Å². The molecule has 0 unspecified atom stereocenters. The normalized spacial score (nSPS) is 12.8. The van der Waals surface area contributed by atoms with E-state index in [0.29, 0.717) is 0 Å². The highest BCUT2D eigenvalue weighted by molar-refractivity contribution is 5.47. The monoisotopic (exact) mass is 427 g/mol. The van der Waals surface area contributed by atoms with E-state index in [2.05, 4.69) is 20.1 Å². The van der Waals surface area contributed by atoms with E-state index in [-0.39, 0.29) is 26.2 Å². The third-order valence-electron chi connectivity index (χ3n) is 5.51. The SMILES string of the molecule is [N-]=[N+]=NCC(CN)(CN=[N+]=[N-])COC(c1ccccc1)(c1ccccc1)c1ccccc1. The molecule has 0 aliphatic heterocycles. The van der Waals surface area contributed by atoms with Gasteiger partial charge in [0.15, 0.2) is 0 Å². The van der Waals surface area contributed by atoms with Crippen LogP contribution in [0.4, 0.5) is 0 Å². The fraction of sp³-hybridized carbons (Fsp3) is 0.250. The number of hydrogen-bond donors (Lipinski definition) is 1. The van der Waals surface area contributed by atoms with Crippen LogP contribution in [0.1, 0.15) is 16.7 Å². The standard InChI is InChI=1S/C24H25N7O/c25-16-23(17-28-30-26,18-29-31-27)19-32-24(20-10-4-1-5-11-20,21-12-6-2-7-13-21)22-14-8-3-9-15-22/h1-15H,16-19,25H2. The number of nitrogens with two attached hydrogens (primary N) is 1. The van der Waals surface area contributed by atoms with Crippen LogP contribution in [0, 0.1) is 5.41 Å². The van der Waals surface area contributed by atoms with Gasteiger partial charge < -0.3 is 10.5 Å². The zero-order valence-electron chi connectivity index (χ0n) is 17.7. The minimum atomic E-state index is -0.948. The molecule has 3 aromatic rings. The van der Waals surface area contributed by atoms with Gasteiger partial charge in [-0.05, 0) is 27.8 Å². The Morgan fingerprint density at radius 2 is 1.06 bits per heavy atom. The summed E-state index contributed by atoms with van der Waals surface area (Å²) >= 11 is 0. The lowest BCUT2D eigenvalue weighted by Crippen LogP contribution is -2.45. The van der Waals surface area contributed by atoms with Crippen molar-refractivity contribution in [1.82, 2.24) is 0 Å². The van der Waals surface area contributed by atoms with Gasteiger partial charge in [-0.1, -0.05) is 101 Å². The molecule has 0 aliphatic carbocycles. The van der Waals surface area contributed by atoms with Gasteiger partial charge in [-0.25, -0.2) is 0 Å². The summed E-state index contributed by atoms with van der Waals surface area (Å²) < 4.78 is 6.79. The zero-order chi connectivity index (χ0) is 22.7. The fourth-order valence-corrected chi connectivity index (χ4v) is 3.72. The van der Waals surface area contributed by atoms with E-state index in [1.54, 1.807) is 0 Å². The molecule has 0 heterocycles. The van der Waals surface area contributed by atoms with Gasteiger partial charge in [0.1, 0.15) is 5.60 Å². The van der Waals surface area contributed by atoms with Gasteiger partial charge in [0.2, 0.25) is 0 Å². The van der Waals surface area contributed by atoms with Crippen LogP contribution in [0.25, 0.3) is 20.9 Å². The second-order valence-corrected chi connectivity index (χ2v) is 7.55. The first-order valence-electron chi connectivity index (χ1n) is 10.2. The quantitative estimate of drug-likeness (QED) is 0.186. The first kappa shape index (κ1) is 22.9. The minimum absolute atomic E-state index is 0.0491. The summed E-state index contributed by atoms with van der Waals surface area (Å²) in [6.45, 7) is 0.334. The maximum absolute atomic E-state index is 8.89. The molecule has 8 heteroatoms. The van der Waals surface area contributed by atoms with Crippen molar-refractivity contribution in [3.8, 4) is 0 Å². The predicted molar refractivity (Wildman–Crippen MR) is 125 cm³/mol. The number of nitrogens with zero attached hydrogens (tertiary/aromatic N) is 6. The van der Waals surface area contributed by atoms with Crippen LogP contribution in [0.2, 0.25) is 0 Å². The van der Waals surface area contributed by atoms with Crippen molar-refractivity contribution in [2.45, 2.75) is 5.60 Å². The first-order chi connectivity index (χ1) is 15.7. The van der Waals surface area contributed by atoms with E-state index in [4.69, 9.17) is 21.5 Å². The molecule has 162 valence electrons. The minimum Gasteiger partial charge on any atom is -0.360 e. The molecule has 0 aromatic heterocycles. The van der Waals surface area contributed by atoms with E-state index in [0.717, 1.165) is 16.7 Å². The Balaban J connectivity index is 2.18. The van der Waals surface area contributed by atoms with Gasteiger partial charge in [0, 0.05) is 34.9 Å². The van der Waals surface area contributed by atoms with Gasteiger partial charge in [-0.3, -0.25) is 0 Å². The maximum Gasteiger partial charge on any atom is 0.143 e. The summed E-state index contributed by atoms with van der Waals surface area (Å²) in [5, 5.41) is 7.45. The molecule has 0 saturated carbocycles. The van der Waals surface area contributed by atoms with Gasteiger partial charge in [0.05, 0.1) is 6.61 Å². The summed E-state index contributed by atoms with van der Waals surface area (Å²) in [5.41, 5.74) is 24.9. The Labute approximate surface area is 186 Å². The predicted octanol–water partition coefficient (Wildman–Crippen LogP) is 5.56. The highest BCUT2D eigenvalue weighted by Crippen LogP contribution is 2.41. The van der Waals surface area contributed by atoms with Crippen molar-refractivity contribution in [2.24, 2.45) is 21.4 Å². The van der Waals surface area contributed by atoms with E-state index in [9.17, 15) is 0 Å². The number of rotatable bonds is 11. The van der Waals surface area contributed by atoms with E-state index in [1.165, 1.54) is 0 Å². The van der Waals surface area contributed by atoms with Crippen molar-refractivity contribution < 1.29 is 4.74 Å². The van der Waals surface area contributed by atoms with Crippen LogP contribution in [-0.2, 0) is 10.3 Å². The highest BCUT2D eigenvalue weighted by atomic mass is 16.5. The van der Waals surface area contributed by atoms with Crippen molar-refractivity contribution in [3.05, 3.63) is 129 Å². The van der Waals surface area contributed by atoms with Gasteiger partial charge in [-0.2, -0.15) is 0 Å². The van der Waals surface area contributed by atoms with E-state index >= 15 is 0 Å². The second-order valence-electron chi connectivity index (χ2n) is 7.55. The maximum atomic E-state index is 8.89. The summed E-state index contributed by atoms with van der Waals surface area (Å²) in [6.07, 6.45) is 0. The van der Waals surface area contributed by atoms with Crippen molar-refractivity contribution in [1.29, 1.82) is 0 Å². The van der Waals surface area contributed by atoms with Crippen LogP contribution in [0.5, 0.6) is 0 Å². The molecule has 0 fully saturated rings. The molecule has 0 amide bonds. The molecule has 0 radical (unpaired) electrons. The van der Waals surface area contributed by atoms with Crippen LogP contribution >= 0.6 is 0 Å².